The molecule has 2 aliphatic heterocycles. The SMILES string of the molecule is Nc1c(C(=S)N2CC3(CN(C(=O)O)C3)C2)cnc(-c2cccc3ccc(F)c(Cl)c23)c1F. The predicted molar refractivity (Wildman–Crippen MR) is 122 cm³/mol. The molecule has 5 rings (SSSR count). The molecule has 0 saturated carbocycles. The van der Waals surface area contributed by atoms with Gasteiger partial charge in [-0.2, -0.15) is 0 Å². The summed E-state index contributed by atoms with van der Waals surface area (Å²) >= 11 is 11.7. The molecule has 0 bridgehead atoms. The molecule has 2 aromatic carbocycles. The molecule has 3 heterocycles. The third-order valence-corrected chi connectivity index (χ3v) is 6.99. The van der Waals surface area contributed by atoms with Crippen LogP contribution in [0.15, 0.2) is 36.5 Å². The third kappa shape index (κ3) is 3.07. The minimum Gasteiger partial charge on any atom is -0.465 e. The van der Waals surface area contributed by atoms with Crippen molar-refractivity contribution in [3.63, 3.8) is 0 Å². The Morgan fingerprint density at radius 1 is 1.16 bits per heavy atom. The Morgan fingerprint density at radius 2 is 1.84 bits per heavy atom. The summed E-state index contributed by atoms with van der Waals surface area (Å²) in [6.45, 7) is 2.08. The van der Waals surface area contributed by atoms with E-state index in [1.165, 1.54) is 17.2 Å². The highest BCUT2D eigenvalue weighted by Crippen LogP contribution is 2.41. The van der Waals surface area contributed by atoms with Gasteiger partial charge in [0.05, 0.1) is 16.3 Å². The lowest BCUT2D eigenvalue weighted by Crippen LogP contribution is -2.73. The second-order valence-electron chi connectivity index (χ2n) is 8.31. The Balaban J connectivity index is 1.44. The monoisotopic (exact) mass is 474 g/mol. The van der Waals surface area contributed by atoms with E-state index in [0.29, 0.717) is 53.1 Å². The number of hydrogen-bond donors (Lipinski definition) is 2. The molecule has 3 N–H and O–H groups in total. The molecule has 2 aliphatic rings. The van der Waals surface area contributed by atoms with Gasteiger partial charge in [0.2, 0.25) is 0 Å². The molecule has 0 atom stereocenters. The number of carbonyl (C=O) groups is 1. The van der Waals surface area contributed by atoms with Crippen molar-refractivity contribution in [1.29, 1.82) is 0 Å². The van der Waals surface area contributed by atoms with Crippen molar-refractivity contribution in [3.8, 4) is 11.3 Å². The standard InChI is InChI=1S/C22H17ClF2N4O2S/c23-16-14(24)5-4-11-2-1-3-12(15(11)16)19-17(25)18(26)13(6-27-19)20(32)28-7-22(8-28)9-29(10-22)21(30)31/h1-6H,7-10H2,(H2,26,27)(H,30,31). The molecule has 1 aromatic heterocycles. The molecule has 0 radical (unpaired) electrons. The van der Waals surface area contributed by atoms with Crippen molar-refractivity contribution in [2.75, 3.05) is 31.9 Å². The van der Waals surface area contributed by atoms with Gasteiger partial charge in [0, 0.05) is 48.7 Å². The fourth-order valence-corrected chi connectivity index (χ4v) is 5.11. The highest BCUT2D eigenvalue weighted by molar-refractivity contribution is 7.80. The van der Waals surface area contributed by atoms with Gasteiger partial charge in [0.1, 0.15) is 16.5 Å². The van der Waals surface area contributed by atoms with E-state index in [4.69, 9.17) is 34.7 Å². The molecule has 0 unspecified atom stereocenters. The van der Waals surface area contributed by atoms with Gasteiger partial charge in [-0.15, -0.1) is 0 Å². The number of anilines is 1. The smallest absolute Gasteiger partial charge is 0.407 e. The molecule has 10 heteroatoms. The fourth-order valence-electron chi connectivity index (χ4n) is 4.54. The number of rotatable bonds is 2. The van der Waals surface area contributed by atoms with Gasteiger partial charge in [-0.1, -0.05) is 48.1 Å². The van der Waals surface area contributed by atoms with Crippen molar-refractivity contribution in [1.82, 2.24) is 14.8 Å². The van der Waals surface area contributed by atoms with Crippen molar-refractivity contribution in [2.24, 2.45) is 5.41 Å². The number of aromatic nitrogens is 1. The van der Waals surface area contributed by atoms with Crippen LogP contribution in [0.1, 0.15) is 5.56 Å². The third-order valence-electron chi connectivity index (χ3n) is 6.14. The van der Waals surface area contributed by atoms with Crippen LogP contribution in [0.4, 0.5) is 19.3 Å². The molecule has 2 fully saturated rings. The Morgan fingerprint density at radius 3 is 2.53 bits per heavy atom. The first-order chi connectivity index (χ1) is 15.2. The fraction of sp³-hybridized carbons (Fsp3) is 0.227. The van der Waals surface area contributed by atoms with Gasteiger partial charge in [-0.25, -0.2) is 13.6 Å². The van der Waals surface area contributed by atoms with Gasteiger partial charge in [0.25, 0.3) is 0 Å². The minimum atomic E-state index is -0.934. The van der Waals surface area contributed by atoms with Crippen molar-refractivity contribution in [2.45, 2.75) is 0 Å². The molecule has 1 amide bonds. The van der Waals surface area contributed by atoms with E-state index in [1.54, 1.807) is 24.3 Å². The lowest BCUT2D eigenvalue weighted by Gasteiger charge is -2.60. The first-order valence-corrected chi connectivity index (χ1v) is 10.6. The normalized spacial score (nSPS) is 16.7. The van der Waals surface area contributed by atoms with E-state index in [-0.39, 0.29) is 21.8 Å². The second kappa shape index (κ2) is 7.25. The molecule has 164 valence electrons. The minimum absolute atomic E-state index is 0.0386. The van der Waals surface area contributed by atoms with Gasteiger partial charge in [-0.3, -0.25) is 4.98 Å². The summed E-state index contributed by atoms with van der Waals surface area (Å²) in [7, 11) is 0. The lowest BCUT2D eigenvalue weighted by molar-refractivity contribution is -0.0713. The van der Waals surface area contributed by atoms with Crippen LogP contribution in [-0.4, -0.2) is 57.2 Å². The van der Waals surface area contributed by atoms with Crippen molar-refractivity contribution < 1.29 is 18.7 Å². The summed E-state index contributed by atoms with van der Waals surface area (Å²) in [5, 5.41) is 9.91. The van der Waals surface area contributed by atoms with E-state index in [9.17, 15) is 9.18 Å². The average molecular weight is 475 g/mol. The average Bonchev–Trinajstić information content (AvgIpc) is 2.70. The summed E-state index contributed by atoms with van der Waals surface area (Å²) in [4.78, 5) is 18.8. The van der Waals surface area contributed by atoms with Crippen LogP contribution in [0.5, 0.6) is 0 Å². The number of likely N-dealkylation sites (tertiary alicyclic amines) is 2. The van der Waals surface area contributed by atoms with Gasteiger partial charge in [-0.05, 0) is 11.5 Å². The zero-order valence-corrected chi connectivity index (χ0v) is 18.2. The number of nitrogens with two attached hydrogens (primary N) is 1. The molecule has 32 heavy (non-hydrogen) atoms. The molecule has 3 aromatic rings. The number of nitrogens with zero attached hydrogens (tertiary/aromatic N) is 3. The van der Waals surface area contributed by atoms with Crippen molar-refractivity contribution in [3.05, 3.63) is 58.7 Å². The Bertz CT molecular complexity index is 1300. The van der Waals surface area contributed by atoms with E-state index >= 15 is 4.39 Å². The summed E-state index contributed by atoms with van der Waals surface area (Å²) < 4.78 is 29.4. The molecular formula is C22H17ClF2N4O2S. The number of nitrogen functional groups attached to an aromatic ring is 1. The summed E-state index contributed by atoms with van der Waals surface area (Å²) in [6.07, 6.45) is 0.480. The maximum absolute atomic E-state index is 15.3. The van der Waals surface area contributed by atoms with Gasteiger partial charge in [0.15, 0.2) is 5.82 Å². The maximum Gasteiger partial charge on any atom is 0.407 e. The number of benzene rings is 2. The number of fused-ring (bicyclic) bond motifs is 1. The molecule has 0 aliphatic carbocycles. The predicted octanol–water partition coefficient (Wildman–Crippen LogP) is 4.39. The van der Waals surface area contributed by atoms with Crippen LogP contribution in [-0.2, 0) is 0 Å². The Hall–Kier alpha value is -3.04. The number of hydrogen-bond acceptors (Lipinski definition) is 4. The summed E-state index contributed by atoms with van der Waals surface area (Å²) in [6, 6.07) is 7.89. The molecule has 2 saturated heterocycles. The highest BCUT2D eigenvalue weighted by atomic mass is 35.5. The Kier molecular flexibility index (Phi) is 4.72. The topological polar surface area (TPSA) is 82.7 Å². The quantitative estimate of drug-likeness (QED) is 0.536. The molecular weight excluding hydrogens is 458 g/mol. The largest absolute Gasteiger partial charge is 0.465 e. The number of pyridine rings is 1. The van der Waals surface area contributed by atoms with Crippen molar-refractivity contribution >= 4 is 51.4 Å². The van der Waals surface area contributed by atoms with Gasteiger partial charge < -0.3 is 20.6 Å². The van der Waals surface area contributed by atoms with E-state index in [1.807, 2.05) is 4.90 Å². The Labute approximate surface area is 192 Å². The van der Waals surface area contributed by atoms with Crippen LogP contribution < -0.4 is 5.73 Å². The maximum atomic E-state index is 15.3. The number of halogens is 3. The molecule has 6 nitrogen and oxygen atoms in total. The van der Waals surface area contributed by atoms with E-state index in [2.05, 4.69) is 4.98 Å². The van der Waals surface area contributed by atoms with E-state index < -0.39 is 17.7 Å². The van der Waals surface area contributed by atoms with E-state index in [0.717, 1.165) is 0 Å². The number of amides is 1. The highest BCUT2D eigenvalue weighted by Gasteiger charge is 2.54. The molecule has 1 spiro atoms. The van der Waals surface area contributed by atoms with Gasteiger partial charge >= 0.3 is 6.09 Å². The second-order valence-corrected chi connectivity index (χ2v) is 9.08. The number of carboxylic acid groups (broad SMARTS) is 1. The van der Waals surface area contributed by atoms with Crippen LogP contribution in [0.2, 0.25) is 5.02 Å². The first-order valence-electron chi connectivity index (χ1n) is 9.79. The van der Waals surface area contributed by atoms with Crippen LogP contribution in [0, 0.1) is 17.0 Å². The zero-order valence-electron chi connectivity index (χ0n) is 16.6. The summed E-state index contributed by atoms with van der Waals surface area (Å²) in [5.41, 5.74) is 6.44. The summed E-state index contributed by atoms with van der Waals surface area (Å²) in [5.74, 6) is -1.37. The van der Waals surface area contributed by atoms with Crippen LogP contribution in [0.25, 0.3) is 22.0 Å². The van der Waals surface area contributed by atoms with Crippen LogP contribution in [0.3, 0.4) is 0 Å². The lowest BCUT2D eigenvalue weighted by atomic mass is 9.73. The van der Waals surface area contributed by atoms with Crippen LogP contribution >= 0.6 is 23.8 Å². The number of thiocarbonyl (C=S) groups is 1. The first kappa shape index (κ1) is 20.8. The zero-order chi connectivity index (χ0) is 22.8.